The van der Waals surface area contributed by atoms with Gasteiger partial charge in [-0.15, -0.1) is 23.8 Å². The van der Waals surface area contributed by atoms with E-state index in [4.69, 9.17) is 19.5 Å². The fraction of sp³-hybridized carbons (Fsp3) is 0.293. The first-order valence-corrected chi connectivity index (χ1v) is 16.3. The molecule has 0 radical (unpaired) electrons. The second-order valence-corrected chi connectivity index (χ2v) is 14.2. The summed E-state index contributed by atoms with van der Waals surface area (Å²) in [5.41, 5.74) is 7.76. The molecule has 6 nitrogen and oxygen atoms in total. The number of anilines is 3. The van der Waals surface area contributed by atoms with Crippen molar-refractivity contribution in [2.75, 3.05) is 11.5 Å². The van der Waals surface area contributed by atoms with Crippen molar-refractivity contribution in [1.29, 1.82) is 0 Å². The molecule has 0 saturated carbocycles. The van der Waals surface area contributed by atoms with Gasteiger partial charge < -0.3 is 14.4 Å². The number of pyridine rings is 2. The molecule has 0 aliphatic carbocycles. The van der Waals surface area contributed by atoms with E-state index >= 15 is 0 Å². The number of aliphatic imine (C=N–C) groups is 1. The Bertz CT molecular complexity index is 1980. The van der Waals surface area contributed by atoms with E-state index in [1.165, 1.54) is 11.1 Å². The standard InChI is InChI=1S/C41H40N4O2.Pt/c1-26(2)35-25-46-39(44-35)28-20-27(34-13-10-11-18-42-34)21-31(22-28)47-30-15-16-33-37(24-30)45(36-14-9-8-12-32(36)41(33,6)7)38-23-29(17-19-43-38)40(3,4)5;/h8-21,23,26,35H,25H2,1-7H3;/q-2;+2/t35-;/m0./s1. The van der Waals surface area contributed by atoms with Gasteiger partial charge in [-0.05, 0) is 58.2 Å². The molecule has 2 aromatic heterocycles. The zero-order chi connectivity index (χ0) is 32.9. The van der Waals surface area contributed by atoms with Gasteiger partial charge in [0.15, 0.2) is 0 Å². The Labute approximate surface area is 298 Å². The van der Waals surface area contributed by atoms with E-state index in [0.717, 1.165) is 39.6 Å². The summed E-state index contributed by atoms with van der Waals surface area (Å²) in [4.78, 5) is 16.6. The van der Waals surface area contributed by atoms with Gasteiger partial charge in [0.25, 0.3) is 0 Å². The van der Waals surface area contributed by atoms with Crippen molar-refractivity contribution in [3.05, 3.63) is 126 Å². The molecule has 5 aromatic rings. The van der Waals surface area contributed by atoms with Gasteiger partial charge in [-0.3, -0.25) is 9.98 Å². The van der Waals surface area contributed by atoms with E-state index in [0.29, 0.717) is 29.9 Å². The molecule has 7 rings (SSSR count). The molecule has 0 spiro atoms. The van der Waals surface area contributed by atoms with Crippen molar-refractivity contribution in [2.45, 2.75) is 65.3 Å². The average Bonchev–Trinajstić information content (AvgIpc) is 3.56. The normalized spacial score (nSPS) is 16.4. The first-order chi connectivity index (χ1) is 22.5. The predicted molar refractivity (Wildman–Crippen MR) is 188 cm³/mol. The first-order valence-electron chi connectivity index (χ1n) is 16.3. The summed E-state index contributed by atoms with van der Waals surface area (Å²) in [6.07, 6.45) is 3.69. The Morgan fingerprint density at radius 3 is 2.40 bits per heavy atom. The fourth-order valence-electron chi connectivity index (χ4n) is 6.30. The molecule has 48 heavy (non-hydrogen) atoms. The molecule has 3 aromatic carbocycles. The van der Waals surface area contributed by atoms with Crippen molar-refractivity contribution in [3.8, 4) is 22.8 Å². The smallest absolute Gasteiger partial charge is 0.518 e. The number of para-hydroxylation sites is 1. The Morgan fingerprint density at radius 1 is 0.875 bits per heavy atom. The minimum absolute atomic E-state index is 0. The summed E-state index contributed by atoms with van der Waals surface area (Å²) in [5.74, 6) is 2.91. The maximum absolute atomic E-state index is 6.60. The van der Waals surface area contributed by atoms with Crippen molar-refractivity contribution in [1.82, 2.24) is 9.97 Å². The van der Waals surface area contributed by atoms with Gasteiger partial charge in [0.1, 0.15) is 11.7 Å². The van der Waals surface area contributed by atoms with Gasteiger partial charge in [0.2, 0.25) is 0 Å². The van der Waals surface area contributed by atoms with Crippen LogP contribution in [0.3, 0.4) is 0 Å². The molecular formula is C41H40N4O2Pt. The number of fused-ring (bicyclic) bond motifs is 2. The maximum Gasteiger partial charge on any atom is 2.00 e. The number of benzene rings is 3. The molecule has 4 heterocycles. The number of hydrogen-bond donors (Lipinski definition) is 0. The third-order valence-corrected chi connectivity index (χ3v) is 9.15. The van der Waals surface area contributed by atoms with Crippen LogP contribution in [-0.4, -0.2) is 28.5 Å². The largest absolute Gasteiger partial charge is 2.00 e. The summed E-state index contributed by atoms with van der Waals surface area (Å²) in [6, 6.07) is 34.0. The molecule has 246 valence electrons. The van der Waals surface area contributed by atoms with Crippen molar-refractivity contribution < 1.29 is 30.5 Å². The number of ether oxygens (including phenoxy) is 2. The summed E-state index contributed by atoms with van der Waals surface area (Å²) >= 11 is 0. The molecule has 0 amide bonds. The van der Waals surface area contributed by atoms with Gasteiger partial charge in [-0.1, -0.05) is 102 Å². The quantitative estimate of drug-likeness (QED) is 0.160. The van der Waals surface area contributed by atoms with Crippen LogP contribution < -0.4 is 9.64 Å². The zero-order valence-electron chi connectivity index (χ0n) is 28.4. The van der Waals surface area contributed by atoms with Gasteiger partial charge in [0, 0.05) is 29.6 Å². The van der Waals surface area contributed by atoms with Gasteiger partial charge >= 0.3 is 21.1 Å². The topological polar surface area (TPSA) is 59.8 Å². The molecule has 2 aliphatic heterocycles. The van der Waals surface area contributed by atoms with E-state index < -0.39 is 0 Å². The number of rotatable bonds is 6. The summed E-state index contributed by atoms with van der Waals surface area (Å²) < 4.78 is 12.7. The molecule has 1 atom stereocenters. The monoisotopic (exact) mass is 815 g/mol. The minimum atomic E-state index is -0.262. The zero-order valence-corrected chi connectivity index (χ0v) is 30.7. The summed E-state index contributed by atoms with van der Waals surface area (Å²) in [6.45, 7) is 16.1. The Hall–Kier alpha value is -4.28. The van der Waals surface area contributed by atoms with Crippen LogP contribution in [-0.2, 0) is 36.6 Å². The van der Waals surface area contributed by atoms with Crippen LogP contribution >= 0.6 is 0 Å². The van der Waals surface area contributed by atoms with E-state index in [9.17, 15) is 0 Å². The molecule has 0 unspecified atom stereocenters. The molecule has 2 aliphatic rings. The molecule has 0 fully saturated rings. The van der Waals surface area contributed by atoms with Crippen LogP contribution in [0.5, 0.6) is 11.5 Å². The van der Waals surface area contributed by atoms with Crippen LogP contribution in [0.25, 0.3) is 11.3 Å². The maximum atomic E-state index is 6.60. The van der Waals surface area contributed by atoms with Crippen molar-refractivity contribution in [2.24, 2.45) is 10.9 Å². The van der Waals surface area contributed by atoms with E-state index in [-0.39, 0.29) is 37.9 Å². The van der Waals surface area contributed by atoms with Crippen LogP contribution in [0.4, 0.5) is 17.2 Å². The van der Waals surface area contributed by atoms with Crippen molar-refractivity contribution in [3.63, 3.8) is 0 Å². The van der Waals surface area contributed by atoms with Crippen LogP contribution in [0.2, 0.25) is 0 Å². The fourth-order valence-corrected chi connectivity index (χ4v) is 6.30. The Kier molecular flexibility index (Phi) is 9.08. The molecule has 0 saturated heterocycles. The third kappa shape index (κ3) is 6.31. The van der Waals surface area contributed by atoms with E-state index in [2.05, 4.69) is 113 Å². The number of hydrogen-bond acceptors (Lipinski definition) is 6. The second kappa shape index (κ2) is 13.0. The molecule has 7 heteroatoms. The van der Waals surface area contributed by atoms with Crippen LogP contribution in [0, 0.1) is 18.1 Å². The van der Waals surface area contributed by atoms with Crippen molar-refractivity contribution >= 4 is 23.1 Å². The minimum Gasteiger partial charge on any atom is -0.518 e. The number of aromatic nitrogens is 2. The van der Waals surface area contributed by atoms with Crippen LogP contribution in [0.1, 0.15) is 70.7 Å². The average molecular weight is 816 g/mol. The summed E-state index contributed by atoms with van der Waals surface area (Å²) in [7, 11) is 0. The van der Waals surface area contributed by atoms with Crippen LogP contribution in [0.15, 0.2) is 96.2 Å². The van der Waals surface area contributed by atoms with E-state index in [1.54, 1.807) is 6.20 Å². The number of nitrogens with zero attached hydrogens (tertiary/aromatic N) is 4. The Balaban J connectivity index is 0.00000401. The molecule has 0 N–H and O–H groups in total. The van der Waals surface area contributed by atoms with E-state index in [1.807, 2.05) is 42.6 Å². The third-order valence-electron chi connectivity index (χ3n) is 9.15. The second-order valence-electron chi connectivity index (χ2n) is 14.2. The Morgan fingerprint density at radius 2 is 1.67 bits per heavy atom. The van der Waals surface area contributed by atoms with Gasteiger partial charge in [-0.25, -0.2) is 4.98 Å². The predicted octanol–water partition coefficient (Wildman–Crippen LogP) is 9.74. The van der Waals surface area contributed by atoms with Gasteiger partial charge in [0.05, 0.1) is 18.3 Å². The van der Waals surface area contributed by atoms with Gasteiger partial charge in [-0.2, -0.15) is 6.07 Å². The first kappa shape index (κ1) is 33.6. The molecular weight excluding hydrogens is 776 g/mol. The summed E-state index contributed by atoms with van der Waals surface area (Å²) in [5, 5.41) is 0. The molecule has 0 bridgehead atoms. The SMILES string of the molecule is CC(C)[C@@H]1COC(c2[c-]c(Oc3[c-]c4c(cc3)C(C)(C)c3ccccc3N4c3cc(C(C)(C)C)ccn3)cc(-c3ccccn3)c2)=N1.[Pt+2].